The molecular formula is C15H30N2. The molecule has 1 aliphatic heterocycles. The molecule has 0 radical (unpaired) electrons. The first kappa shape index (κ1) is 13.4. The summed E-state index contributed by atoms with van der Waals surface area (Å²) in [4.78, 5) is 2.78. The van der Waals surface area contributed by atoms with Crippen molar-refractivity contribution in [3.8, 4) is 0 Å². The first-order chi connectivity index (χ1) is 7.87. The minimum absolute atomic E-state index is 0.268. The summed E-state index contributed by atoms with van der Waals surface area (Å²) in [7, 11) is 0. The maximum atomic E-state index is 3.68. The summed E-state index contributed by atoms with van der Waals surface area (Å²) in [6, 6.07) is 1.68. The third-order valence-corrected chi connectivity index (χ3v) is 4.53. The third kappa shape index (κ3) is 3.23. The molecule has 0 spiro atoms. The van der Waals surface area contributed by atoms with Crippen LogP contribution in [0.15, 0.2) is 0 Å². The van der Waals surface area contributed by atoms with Gasteiger partial charge in [-0.3, -0.25) is 4.90 Å². The highest BCUT2D eigenvalue weighted by atomic mass is 15.2. The Hall–Kier alpha value is -0.0800. The van der Waals surface area contributed by atoms with Gasteiger partial charge in [-0.05, 0) is 65.3 Å². The molecule has 2 nitrogen and oxygen atoms in total. The van der Waals surface area contributed by atoms with E-state index in [9.17, 15) is 0 Å². The van der Waals surface area contributed by atoms with E-state index in [1.54, 1.807) is 0 Å². The standard InChI is InChI=1S/C15H30N2/c1-11-8-12(2)17(10-11)14-7-6-13(14)9-16-15(3,4)5/h11-14,16H,6-10H2,1-5H3. The van der Waals surface area contributed by atoms with E-state index in [4.69, 9.17) is 0 Å². The Bertz CT molecular complexity index is 256. The van der Waals surface area contributed by atoms with Gasteiger partial charge in [0.25, 0.3) is 0 Å². The Kier molecular flexibility index (Phi) is 3.84. The van der Waals surface area contributed by atoms with Crippen molar-refractivity contribution in [1.82, 2.24) is 10.2 Å². The first-order valence-corrected chi connectivity index (χ1v) is 7.37. The first-order valence-electron chi connectivity index (χ1n) is 7.37. The van der Waals surface area contributed by atoms with Gasteiger partial charge in [0.2, 0.25) is 0 Å². The van der Waals surface area contributed by atoms with Crippen molar-refractivity contribution >= 4 is 0 Å². The Morgan fingerprint density at radius 3 is 2.29 bits per heavy atom. The second-order valence-electron chi connectivity index (χ2n) is 7.42. The smallest absolute Gasteiger partial charge is 0.0139 e. The van der Waals surface area contributed by atoms with Crippen molar-refractivity contribution in [2.75, 3.05) is 13.1 Å². The lowest BCUT2D eigenvalue weighted by molar-refractivity contribution is 0.0518. The summed E-state index contributed by atoms with van der Waals surface area (Å²) < 4.78 is 0. The lowest BCUT2D eigenvalue weighted by atomic mass is 9.77. The van der Waals surface area contributed by atoms with Crippen LogP contribution in [-0.4, -0.2) is 35.6 Å². The van der Waals surface area contributed by atoms with Crippen LogP contribution < -0.4 is 5.32 Å². The van der Waals surface area contributed by atoms with E-state index in [1.165, 1.54) is 32.4 Å². The van der Waals surface area contributed by atoms with E-state index >= 15 is 0 Å². The summed E-state index contributed by atoms with van der Waals surface area (Å²) in [6.07, 6.45) is 4.24. The molecule has 4 unspecified atom stereocenters. The van der Waals surface area contributed by atoms with Crippen LogP contribution in [0.5, 0.6) is 0 Å². The SMILES string of the molecule is CC1CC(C)N(C2CCC2CNC(C)(C)C)C1. The molecule has 0 amide bonds. The van der Waals surface area contributed by atoms with Crippen molar-refractivity contribution in [1.29, 1.82) is 0 Å². The Morgan fingerprint density at radius 2 is 1.88 bits per heavy atom. The summed E-state index contributed by atoms with van der Waals surface area (Å²) in [5.74, 6) is 1.80. The normalized spacial score (nSPS) is 39.4. The van der Waals surface area contributed by atoms with Crippen LogP contribution in [0, 0.1) is 11.8 Å². The molecule has 2 fully saturated rings. The zero-order valence-electron chi connectivity index (χ0n) is 12.3. The Labute approximate surface area is 107 Å². The second-order valence-corrected chi connectivity index (χ2v) is 7.42. The minimum atomic E-state index is 0.268. The Morgan fingerprint density at radius 1 is 1.18 bits per heavy atom. The highest BCUT2D eigenvalue weighted by Gasteiger charge is 2.40. The fraction of sp³-hybridized carbons (Fsp3) is 1.00. The van der Waals surface area contributed by atoms with Gasteiger partial charge in [0, 0.05) is 24.2 Å². The molecule has 0 aromatic rings. The van der Waals surface area contributed by atoms with Gasteiger partial charge in [-0.25, -0.2) is 0 Å². The van der Waals surface area contributed by atoms with E-state index in [-0.39, 0.29) is 5.54 Å². The maximum Gasteiger partial charge on any atom is 0.0139 e. The van der Waals surface area contributed by atoms with Gasteiger partial charge in [-0.15, -0.1) is 0 Å². The van der Waals surface area contributed by atoms with Crippen molar-refractivity contribution in [2.45, 2.75) is 71.5 Å². The highest BCUT2D eigenvalue weighted by Crippen LogP contribution is 2.37. The molecule has 2 rings (SSSR count). The molecule has 1 N–H and O–H groups in total. The zero-order valence-corrected chi connectivity index (χ0v) is 12.3. The molecule has 1 saturated carbocycles. The van der Waals surface area contributed by atoms with Crippen molar-refractivity contribution in [3.05, 3.63) is 0 Å². The number of nitrogens with one attached hydrogen (secondary N) is 1. The zero-order chi connectivity index (χ0) is 12.6. The molecule has 2 aliphatic rings. The van der Waals surface area contributed by atoms with Gasteiger partial charge in [-0.2, -0.15) is 0 Å². The van der Waals surface area contributed by atoms with Gasteiger partial charge in [0.1, 0.15) is 0 Å². The molecule has 17 heavy (non-hydrogen) atoms. The van der Waals surface area contributed by atoms with Crippen LogP contribution in [-0.2, 0) is 0 Å². The molecule has 0 bridgehead atoms. The average Bonchev–Trinajstić information content (AvgIpc) is 2.42. The molecule has 100 valence electrons. The molecule has 1 aliphatic carbocycles. The van der Waals surface area contributed by atoms with Crippen LogP contribution in [0.3, 0.4) is 0 Å². The van der Waals surface area contributed by atoms with Crippen LogP contribution in [0.2, 0.25) is 0 Å². The van der Waals surface area contributed by atoms with Gasteiger partial charge in [-0.1, -0.05) is 6.92 Å². The molecule has 0 aromatic heterocycles. The van der Waals surface area contributed by atoms with E-state index in [0.29, 0.717) is 0 Å². The lowest BCUT2D eigenvalue weighted by Gasteiger charge is -2.45. The molecule has 1 heterocycles. The lowest BCUT2D eigenvalue weighted by Crippen LogP contribution is -2.53. The minimum Gasteiger partial charge on any atom is -0.312 e. The van der Waals surface area contributed by atoms with Crippen LogP contribution >= 0.6 is 0 Å². The van der Waals surface area contributed by atoms with Crippen molar-refractivity contribution < 1.29 is 0 Å². The van der Waals surface area contributed by atoms with Crippen molar-refractivity contribution in [3.63, 3.8) is 0 Å². The second kappa shape index (κ2) is 4.89. The molecule has 2 heteroatoms. The number of hydrogen-bond donors (Lipinski definition) is 1. The quantitative estimate of drug-likeness (QED) is 0.813. The van der Waals surface area contributed by atoms with Gasteiger partial charge in [0.15, 0.2) is 0 Å². The van der Waals surface area contributed by atoms with Gasteiger partial charge in [0.05, 0.1) is 0 Å². The maximum absolute atomic E-state index is 3.68. The van der Waals surface area contributed by atoms with E-state index in [0.717, 1.165) is 23.9 Å². The van der Waals surface area contributed by atoms with Gasteiger partial charge < -0.3 is 5.32 Å². The molecule has 1 saturated heterocycles. The molecule has 0 aromatic carbocycles. The molecule has 4 atom stereocenters. The average molecular weight is 238 g/mol. The summed E-state index contributed by atoms with van der Waals surface area (Å²) in [5.41, 5.74) is 0.268. The number of hydrogen-bond acceptors (Lipinski definition) is 2. The predicted octanol–water partition coefficient (Wildman–Crippen LogP) is 2.88. The fourth-order valence-corrected chi connectivity index (χ4v) is 3.46. The predicted molar refractivity (Wildman–Crippen MR) is 74.2 cm³/mol. The fourth-order valence-electron chi connectivity index (χ4n) is 3.46. The van der Waals surface area contributed by atoms with E-state index in [2.05, 4.69) is 44.8 Å². The monoisotopic (exact) mass is 238 g/mol. The molecular weight excluding hydrogens is 208 g/mol. The third-order valence-electron chi connectivity index (χ3n) is 4.53. The number of likely N-dealkylation sites (tertiary alicyclic amines) is 1. The van der Waals surface area contributed by atoms with Crippen LogP contribution in [0.25, 0.3) is 0 Å². The topological polar surface area (TPSA) is 15.3 Å². The van der Waals surface area contributed by atoms with Crippen LogP contribution in [0.4, 0.5) is 0 Å². The van der Waals surface area contributed by atoms with Crippen LogP contribution in [0.1, 0.15) is 53.9 Å². The van der Waals surface area contributed by atoms with E-state index in [1.807, 2.05) is 0 Å². The summed E-state index contributed by atoms with van der Waals surface area (Å²) >= 11 is 0. The van der Waals surface area contributed by atoms with Crippen molar-refractivity contribution in [2.24, 2.45) is 11.8 Å². The van der Waals surface area contributed by atoms with Gasteiger partial charge >= 0.3 is 0 Å². The largest absolute Gasteiger partial charge is 0.312 e. The summed E-state index contributed by atoms with van der Waals surface area (Å²) in [5, 5.41) is 3.68. The Balaban J connectivity index is 1.82. The summed E-state index contributed by atoms with van der Waals surface area (Å²) in [6.45, 7) is 14.1. The number of rotatable bonds is 3. The number of nitrogens with zero attached hydrogens (tertiary/aromatic N) is 1. The van der Waals surface area contributed by atoms with E-state index < -0.39 is 0 Å². The highest BCUT2D eigenvalue weighted by molar-refractivity contribution is 4.96.